The van der Waals surface area contributed by atoms with Crippen LogP contribution in [0, 0.1) is 0 Å². The van der Waals surface area contributed by atoms with Crippen LogP contribution in [0.15, 0.2) is 243 Å². The van der Waals surface area contributed by atoms with Gasteiger partial charge in [-0.05, 0) is 70.8 Å². The Bertz CT molecular complexity index is 2940. The summed E-state index contributed by atoms with van der Waals surface area (Å²) >= 11 is 3.80. The molecule has 4 heteroatoms. The summed E-state index contributed by atoms with van der Waals surface area (Å²) in [4.78, 5) is 7.49. The number of rotatable bonds is 10. The molecule has 9 aromatic carbocycles. The highest BCUT2D eigenvalue weighted by Gasteiger charge is 2.34. The van der Waals surface area contributed by atoms with E-state index in [0.29, 0.717) is 0 Å². The number of anilines is 6. The van der Waals surface area contributed by atoms with E-state index in [4.69, 9.17) is 0 Å². The Morgan fingerprint density at radius 3 is 0.726 bits per heavy atom. The summed E-state index contributed by atoms with van der Waals surface area (Å²) in [7, 11) is 0. The van der Waals surface area contributed by atoms with Gasteiger partial charge in [0.2, 0.25) is 0 Å². The zero-order valence-corrected chi connectivity index (χ0v) is 35.4. The second-order valence-electron chi connectivity index (χ2n) is 15.2. The van der Waals surface area contributed by atoms with Crippen molar-refractivity contribution in [3.05, 3.63) is 243 Å². The fourth-order valence-electron chi connectivity index (χ4n) is 8.77. The third-order valence-corrected chi connectivity index (χ3v) is 13.9. The number of fused-ring (bicyclic) bond motifs is 2. The summed E-state index contributed by atoms with van der Waals surface area (Å²) in [5.41, 5.74) is 13.9. The summed E-state index contributed by atoms with van der Waals surface area (Å²) < 4.78 is 2.42. The molecule has 11 aromatic rings. The van der Waals surface area contributed by atoms with E-state index in [1.165, 1.54) is 74.7 Å². The average Bonchev–Trinajstić information content (AvgIpc) is 3.95. The normalized spacial score (nSPS) is 11.2. The van der Waals surface area contributed by atoms with Crippen molar-refractivity contribution in [3.8, 4) is 43.1 Å². The first-order valence-corrected chi connectivity index (χ1v) is 22.6. The topological polar surface area (TPSA) is 6.48 Å². The Hall–Kier alpha value is -7.50. The van der Waals surface area contributed by atoms with Crippen LogP contribution in [0.25, 0.3) is 63.3 Å². The lowest BCUT2D eigenvalue weighted by molar-refractivity contribution is 1.30. The highest BCUT2D eigenvalue weighted by atomic mass is 32.1. The summed E-state index contributed by atoms with van der Waals surface area (Å²) in [5.74, 6) is 0. The molecular weight excluding hydrogens is 789 g/mol. The van der Waals surface area contributed by atoms with Crippen LogP contribution in [0.2, 0.25) is 0 Å². The fraction of sp³-hybridized carbons (Fsp3) is 0. The largest absolute Gasteiger partial charge is 0.308 e. The number of nitrogens with zero attached hydrogens (tertiary/aromatic N) is 2. The number of para-hydroxylation sites is 4. The summed E-state index contributed by atoms with van der Waals surface area (Å²) in [5, 5.41) is 2.43. The van der Waals surface area contributed by atoms with Gasteiger partial charge in [0.05, 0.1) is 20.8 Å². The molecule has 0 saturated heterocycles. The number of hydrogen-bond donors (Lipinski definition) is 0. The zero-order valence-electron chi connectivity index (χ0n) is 33.8. The highest BCUT2D eigenvalue weighted by molar-refractivity contribution is 7.26. The van der Waals surface area contributed by atoms with Crippen LogP contribution in [0.5, 0.6) is 0 Å². The standard InChI is InChI=1S/C58H40N2S2/c1-9-25-41(26-10-1)49-51-53(59(45-33-17-5-18-34-45)46-35-19-6-20-36-46)58-52(50(42-27-11-2-12-28-42)56(62-58)44-31-15-4-16-32-44)54(57(51)61-55(49)43-29-13-3-14-30-43)60(47-37-21-7-22-38-47)48-39-23-8-24-40-48/h1-40H. The molecule has 0 bridgehead atoms. The van der Waals surface area contributed by atoms with Crippen molar-refractivity contribution in [2.75, 3.05) is 9.80 Å². The maximum Gasteiger partial charge on any atom is 0.0735 e. The first-order chi connectivity index (χ1) is 30.8. The molecule has 294 valence electrons. The highest BCUT2D eigenvalue weighted by Crippen LogP contribution is 2.62. The minimum absolute atomic E-state index is 1.10. The van der Waals surface area contributed by atoms with Crippen LogP contribution >= 0.6 is 22.7 Å². The van der Waals surface area contributed by atoms with Crippen molar-refractivity contribution in [3.63, 3.8) is 0 Å². The monoisotopic (exact) mass is 828 g/mol. The SMILES string of the molecule is c1ccc(-c2sc3c(N(c4ccccc4)c4ccccc4)c4c(-c5ccccc5)c(-c5ccccc5)sc4c(N(c4ccccc4)c4ccccc4)c3c2-c2ccccc2)cc1. The number of thiophene rings is 2. The molecule has 0 fully saturated rings. The van der Waals surface area contributed by atoms with Gasteiger partial charge in [0.1, 0.15) is 0 Å². The van der Waals surface area contributed by atoms with Crippen molar-refractivity contribution in [2.24, 2.45) is 0 Å². The van der Waals surface area contributed by atoms with Crippen LogP contribution in [0.3, 0.4) is 0 Å². The third kappa shape index (κ3) is 6.67. The smallest absolute Gasteiger partial charge is 0.0735 e. The Morgan fingerprint density at radius 1 is 0.242 bits per heavy atom. The number of benzene rings is 9. The molecule has 0 atom stereocenters. The molecule has 0 aliphatic rings. The van der Waals surface area contributed by atoms with Crippen LogP contribution in [0.4, 0.5) is 34.1 Å². The van der Waals surface area contributed by atoms with Crippen molar-refractivity contribution in [2.45, 2.75) is 0 Å². The Kier molecular flexibility index (Phi) is 9.99. The second kappa shape index (κ2) is 16.5. The van der Waals surface area contributed by atoms with E-state index in [1.54, 1.807) is 0 Å². The van der Waals surface area contributed by atoms with Gasteiger partial charge < -0.3 is 9.80 Å². The van der Waals surface area contributed by atoms with Gasteiger partial charge in [-0.3, -0.25) is 0 Å². The predicted molar refractivity (Wildman–Crippen MR) is 268 cm³/mol. The molecule has 0 unspecified atom stereocenters. The molecule has 0 aliphatic heterocycles. The molecule has 0 N–H and O–H groups in total. The van der Waals surface area contributed by atoms with Crippen molar-refractivity contribution >= 4 is 77.0 Å². The van der Waals surface area contributed by atoms with E-state index in [-0.39, 0.29) is 0 Å². The van der Waals surface area contributed by atoms with Crippen molar-refractivity contribution in [1.29, 1.82) is 0 Å². The Balaban J connectivity index is 1.45. The van der Waals surface area contributed by atoms with Crippen LogP contribution in [-0.2, 0) is 0 Å². The molecule has 0 spiro atoms. The first-order valence-electron chi connectivity index (χ1n) is 20.9. The molecule has 0 saturated carbocycles. The molecule has 2 heterocycles. The van der Waals surface area contributed by atoms with Crippen molar-refractivity contribution < 1.29 is 0 Å². The van der Waals surface area contributed by atoms with E-state index in [9.17, 15) is 0 Å². The molecule has 2 nitrogen and oxygen atoms in total. The summed E-state index contributed by atoms with van der Waals surface area (Å²) in [6.45, 7) is 0. The Labute approximate surface area is 370 Å². The van der Waals surface area contributed by atoms with E-state index < -0.39 is 0 Å². The van der Waals surface area contributed by atoms with Gasteiger partial charge in [-0.1, -0.05) is 194 Å². The van der Waals surface area contributed by atoms with Crippen molar-refractivity contribution in [1.82, 2.24) is 0 Å². The lowest BCUT2D eigenvalue weighted by Gasteiger charge is -2.31. The van der Waals surface area contributed by atoms with E-state index >= 15 is 0 Å². The van der Waals surface area contributed by atoms with Gasteiger partial charge in [0.25, 0.3) is 0 Å². The quantitative estimate of drug-likeness (QED) is 0.127. The minimum Gasteiger partial charge on any atom is -0.308 e. The van der Waals surface area contributed by atoms with Crippen LogP contribution < -0.4 is 9.80 Å². The van der Waals surface area contributed by atoms with Crippen LogP contribution in [0.1, 0.15) is 0 Å². The van der Waals surface area contributed by atoms with E-state index in [2.05, 4.69) is 252 Å². The summed E-state index contributed by atoms with van der Waals surface area (Å²) in [6, 6.07) is 87.6. The van der Waals surface area contributed by atoms with Gasteiger partial charge in [-0.15, -0.1) is 22.7 Å². The average molecular weight is 829 g/mol. The Morgan fingerprint density at radius 2 is 0.468 bits per heavy atom. The fourth-order valence-corrected chi connectivity index (χ4v) is 11.5. The summed E-state index contributed by atoms with van der Waals surface area (Å²) in [6.07, 6.45) is 0. The number of hydrogen-bond acceptors (Lipinski definition) is 4. The third-order valence-electron chi connectivity index (χ3n) is 11.4. The maximum absolute atomic E-state index is 2.51. The maximum atomic E-state index is 2.51. The lowest BCUT2D eigenvalue weighted by Crippen LogP contribution is -2.13. The molecular formula is C58H40N2S2. The molecule has 0 radical (unpaired) electrons. The van der Waals surface area contributed by atoms with Crippen LogP contribution in [-0.4, -0.2) is 0 Å². The lowest BCUT2D eigenvalue weighted by atomic mass is 9.92. The van der Waals surface area contributed by atoms with Gasteiger partial charge >= 0.3 is 0 Å². The van der Waals surface area contributed by atoms with E-state index in [0.717, 1.165) is 22.7 Å². The van der Waals surface area contributed by atoms with Gasteiger partial charge in [0, 0.05) is 54.4 Å². The minimum atomic E-state index is 1.10. The predicted octanol–water partition coefficient (Wildman–Crippen LogP) is 17.7. The molecule has 11 rings (SSSR count). The van der Waals surface area contributed by atoms with Gasteiger partial charge in [0.15, 0.2) is 0 Å². The first kappa shape index (κ1) is 37.5. The van der Waals surface area contributed by atoms with Gasteiger partial charge in [-0.2, -0.15) is 0 Å². The van der Waals surface area contributed by atoms with Gasteiger partial charge in [-0.25, -0.2) is 0 Å². The zero-order chi connectivity index (χ0) is 41.2. The molecule has 2 aromatic heterocycles. The molecule has 62 heavy (non-hydrogen) atoms. The second-order valence-corrected chi connectivity index (χ2v) is 17.2. The van der Waals surface area contributed by atoms with E-state index in [1.807, 2.05) is 22.7 Å². The molecule has 0 aliphatic carbocycles. The molecule has 0 amide bonds.